The van der Waals surface area contributed by atoms with E-state index in [2.05, 4.69) is 5.92 Å². The van der Waals surface area contributed by atoms with Crippen LogP contribution in [0.25, 0.3) is 0 Å². The van der Waals surface area contributed by atoms with Gasteiger partial charge in [0.2, 0.25) is 0 Å². The van der Waals surface area contributed by atoms with E-state index in [0.717, 1.165) is 5.56 Å². The van der Waals surface area contributed by atoms with E-state index < -0.39 is 0 Å². The van der Waals surface area contributed by atoms with Gasteiger partial charge in [-0.15, -0.1) is 0 Å². The Morgan fingerprint density at radius 3 is 2.00 bits per heavy atom. The molecule has 38 valence electrons. The Kier molecular flexibility index (Phi) is 3.98. The Labute approximate surface area is 67.5 Å². The van der Waals surface area contributed by atoms with Crippen molar-refractivity contribution < 1.29 is 0 Å². The predicted octanol–water partition coefficient (Wildman–Crippen LogP) is 1.24. The summed E-state index contributed by atoms with van der Waals surface area (Å²) < 4.78 is 0. The third-order valence-electron chi connectivity index (χ3n) is 0.918. The van der Waals surface area contributed by atoms with Gasteiger partial charge in [-0.1, -0.05) is 24.1 Å². The summed E-state index contributed by atoms with van der Waals surface area (Å²) in [6.07, 6.45) is 6.69. The Morgan fingerprint density at radius 1 is 1.11 bits per heavy atom. The molecule has 0 aliphatic carbocycles. The first kappa shape index (κ1) is 8.38. The van der Waals surface area contributed by atoms with Crippen molar-refractivity contribution in [3.8, 4) is 5.92 Å². The van der Waals surface area contributed by atoms with Crippen LogP contribution in [0.1, 0.15) is 5.56 Å². The maximum absolute atomic E-state index is 6.69. The molecule has 0 bridgehead atoms. The molecule has 1 aromatic carbocycles. The Hall–Kier alpha value is -0.623. The fraction of sp³-hybridized carbons (Fsp3) is 0. The first-order valence-electron chi connectivity index (χ1n) is 2.41. The Bertz CT molecular complexity index is 196. The normalized spacial score (nSPS) is 7.00. The summed E-state index contributed by atoms with van der Waals surface area (Å²) in [5, 5.41) is 0. The van der Waals surface area contributed by atoms with Crippen molar-refractivity contribution in [2.75, 3.05) is 0 Å². The molecule has 0 aliphatic heterocycles. The third kappa shape index (κ3) is 2.43. The second kappa shape index (κ2) is 4.28. The monoisotopic (exact) mass is 108 g/mol. The van der Waals surface area contributed by atoms with Crippen LogP contribution in [0.2, 0.25) is 0 Å². The van der Waals surface area contributed by atoms with E-state index in [4.69, 9.17) is 6.42 Å². The molecule has 0 nitrogen and oxygen atoms in total. The molecule has 1 rings (SSSR count). The van der Waals surface area contributed by atoms with Crippen LogP contribution in [0.5, 0.6) is 0 Å². The van der Waals surface area contributed by atoms with Gasteiger partial charge in [0.15, 0.2) is 0 Å². The summed E-state index contributed by atoms with van der Waals surface area (Å²) in [5.74, 6) is 2.28. The number of benzene rings is 1. The van der Waals surface area contributed by atoms with Crippen molar-refractivity contribution in [3.05, 3.63) is 42.3 Å². The van der Waals surface area contributed by atoms with Crippen molar-refractivity contribution in [1.82, 2.24) is 0 Å². The standard InChI is InChI=1S/C8H5.Li/c1-2-8-6-4-3-5-7-8;/h3-7H;. The quantitative estimate of drug-likeness (QED) is 0.346. The second-order valence-electron chi connectivity index (χ2n) is 1.49. The van der Waals surface area contributed by atoms with Crippen molar-refractivity contribution >= 4 is 18.9 Å². The molecule has 0 saturated carbocycles. The first-order chi connectivity index (χ1) is 3.93. The molecule has 0 aliphatic rings. The van der Waals surface area contributed by atoms with E-state index in [1.165, 1.54) is 0 Å². The van der Waals surface area contributed by atoms with E-state index in [0.29, 0.717) is 0 Å². The van der Waals surface area contributed by atoms with Gasteiger partial charge in [-0.05, 0) is 18.6 Å². The molecule has 0 unspecified atom stereocenters. The van der Waals surface area contributed by atoms with Gasteiger partial charge < -0.3 is 0 Å². The maximum Gasteiger partial charge on any atom is 0.0255 e. The van der Waals surface area contributed by atoms with Crippen LogP contribution in [0.4, 0.5) is 0 Å². The van der Waals surface area contributed by atoms with Gasteiger partial charge in [0, 0.05) is 24.4 Å². The van der Waals surface area contributed by atoms with Gasteiger partial charge in [-0.2, -0.15) is 0 Å². The molecular formula is C8H5Li. The van der Waals surface area contributed by atoms with Gasteiger partial charge in [-0.25, -0.2) is 0 Å². The van der Waals surface area contributed by atoms with Gasteiger partial charge in [0.1, 0.15) is 0 Å². The summed E-state index contributed by atoms with van der Waals surface area (Å²) in [7, 11) is 0. The SMILES string of the molecule is [C]#Cc1ccccc1.[Li]. The van der Waals surface area contributed by atoms with E-state index in [1.54, 1.807) is 0 Å². The molecule has 0 heterocycles. The van der Waals surface area contributed by atoms with Crippen molar-refractivity contribution in [2.24, 2.45) is 0 Å². The topological polar surface area (TPSA) is 0 Å². The van der Waals surface area contributed by atoms with Crippen LogP contribution in [-0.4, -0.2) is 18.9 Å². The van der Waals surface area contributed by atoms with E-state index in [1.807, 2.05) is 30.3 Å². The van der Waals surface area contributed by atoms with E-state index >= 15 is 0 Å². The van der Waals surface area contributed by atoms with Crippen molar-refractivity contribution in [1.29, 1.82) is 0 Å². The molecule has 0 spiro atoms. The molecule has 0 N–H and O–H groups in total. The third-order valence-corrected chi connectivity index (χ3v) is 0.918. The van der Waals surface area contributed by atoms with Crippen LogP contribution in [-0.2, 0) is 0 Å². The minimum absolute atomic E-state index is 0. The zero-order chi connectivity index (χ0) is 5.82. The summed E-state index contributed by atoms with van der Waals surface area (Å²) >= 11 is 0. The number of hydrogen-bond donors (Lipinski definition) is 0. The molecule has 1 aromatic rings. The van der Waals surface area contributed by atoms with Gasteiger partial charge >= 0.3 is 0 Å². The van der Waals surface area contributed by atoms with Crippen LogP contribution in [0.15, 0.2) is 30.3 Å². The first-order valence-corrected chi connectivity index (χ1v) is 2.41. The summed E-state index contributed by atoms with van der Waals surface area (Å²) in [4.78, 5) is 0. The zero-order valence-corrected chi connectivity index (χ0v) is 5.39. The largest absolute Gasteiger partial charge is 0.0622 e. The van der Waals surface area contributed by atoms with Crippen LogP contribution in [0.3, 0.4) is 0 Å². The average Bonchev–Trinajstić information content (AvgIpc) is 1.90. The van der Waals surface area contributed by atoms with E-state index in [-0.39, 0.29) is 18.9 Å². The molecule has 0 atom stereocenters. The summed E-state index contributed by atoms with van der Waals surface area (Å²) in [6.45, 7) is 0. The van der Waals surface area contributed by atoms with Gasteiger partial charge in [-0.3, -0.25) is 0 Å². The fourth-order valence-electron chi connectivity index (χ4n) is 0.521. The number of rotatable bonds is 0. The van der Waals surface area contributed by atoms with Crippen LogP contribution < -0.4 is 0 Å². The maximum atomic E-state index is 6.69. The van der Waals surface area contributed by atoms with Crippen LogP contribution in [0, 0.1) is 12.3 Å². The predicted molar refractivity (Wildman–Crippen MR) is 38.4 cm³/mol. The molecule has 0 amide bonds. The van der Waals surface area contributed by atoms with Crippen molar-refractivity contribution in [2.45, 2.75) is 0 Å². The van der Waals surface area contributed by atoms with E-state index in [9.17, 15) is 0 Å². The molecular weight excluding hydrogens is 103 g/mol. The second-order valence-corrected chi connectivity index (χ2v) is 1.49. The molecule has 1 heteroatoms. The molecule has 0 aromatic heterocycles. The summed E-state index contributed by atoms with van der Waals surface area (Å²) in [6, 6.07) is 9.37. The number of hydrogen-bond acceptors (Lipinski definition) is 0. The van der Waals surface area contributed by atoms with Gasteiger partial charge in [0.25, 0.3) is 0 Å². The molecule has 0 saturated heterocycles. The summed E-state index contributed by atoms with van der Waals surface area (Å²) in [5.41, 5.74) is 0.826. The van der Waals surface area contributed by atoms with Crippen molar-refractivity contribution in [3.63, 3.8) is 0 Å². The minimum atomic E-state index is 0. The van der Waals surface area contributed by atoms with Crippen LogP contribution >= 0.6 is 0 Å². The molecule has 2 radical (unpaired) electrons. The molecule has 9 heavy (non-hydrogen) atoms. The van der Waals surface area contributed by atoms with Gasteiger partial charge in [0.05, 0.1) is 0 Å². The Balaban J connectivity index is 0.000000640. The smallest absolute Gasteiger partial charge is 0.0255 e. The minimum Gasteiger partial charge on any atom is -0.0622 e. The molecule has 0 fully saturated rings. The average molecular weight is 108 g/mol. The zero-order valence-electron chi connectivity index (χ0n) is 5.39. The Morgan fingerprint density at radius 2 is 1.67 bits per heavy atom. The fourth-order valence-corrected chi connectivity index (χ4v) is 0.521.